The maximum Gasteiger partial charge on any atom is 0.253 e. The summed E-state index contributed by atoms with van der Waals surface area (Å²) in [6, 6.07) is 11.4. The summed E-state index contributed by atoms with van der Waals surface area (Å²) in [5, 5.41) is 0. The molecule has 28 heavy (non-hydrogen) atoms. The van der Waals surface area contributed by atoms with Gasteiger partial charge in [-0.3, -0.25) is 14.8 Å². The van der Waals surface area contributed by atoms with Crippen molar-refractivity contribution in [2.45, 2.75) is 25.7 Å². The zero-order valence-electron chi connectivity index (χ0n) is 15.8. The third kappa shape index (κ3) is 4.01. The van der Waals surface area contributed by atoms with Crippen molar-refractivity contribution in [2.75, 3.05) is 13.1 Å². The second-order valence-corrected chi connectivity index (χ2v) is 6.96. The summed E-state index contributed by atoms with van der Waals surface area (Å²) >= 11 is 0. The fourth-order valence-electron chi connectivity index (χ4n) is 3.45. The first-order valence-corrected chi connectivity index (χ1v) is 9.45. The first-order valence-electron chi connectivity index (χ1n) is 9.45. The number of rotatable bonds is 4. The summed E-state index contributed by atoms with van der Waals surface area (Å²) in [6.07, 6.45) is 8.31. The van der Waals surface area contributed by atoms with Gasteiger partial charge in [-0.25, -0.2) is 4.98 Å². The van der Waals surface area contributed by atoms with Crippen LogP contribution < -0.4 is 4.74 Å². The molecule has 1 fully saturated rings. The van der Waals surface area contributed by atoms with Crippen LogP contribution in [0.3, 0.4) is 0 Å². The molecular formula is C22H22N4O2. The number of benzene rings is 1. The van der Waals surface area contributed by atoms with E-state index >= 15 is 0 Å². The Bertz CT molecular complexity index is 936. The lowest BCUT2D eigenvalue weighted by Crippen LogP contribution is -2.38. The fourth-order valence-corrected chi connectivity index (χ4v) is 3.45. The van der Waals surface area contributed by atoms with Crippen molar-refractivity contribution < 1.29 is 9.53 Å². The lowest BCUT2D eigenvalue weighted by molar-refractivity contribution is 0.0711. The molecule has 0 atom stereocenters. The highest BCUT2D eigenvalue weighted by Crippen LogP contribution is 2.33. The van der Waals surface area contributed by atoms with Crippen LogP contribution in [0.25, 0.3) is 0 Å². The Balaban J connectivity index is 1.45. The first kappa shape index (κ1) is 18.1. The van der Waals surface area contributed by atoms with Gasteiger partial charge in [0.15, 0.2) is 0 Å². The van der Waals surface area contributed by atoms with Gasteiger partial charge in [0, 0.05) is 49.4 Å². The molecule has 1 amide bonds. The van der Waals surface area contributed by atoms with E-state index in [4.69, 9.17) is 4.74 Å². The van der Waals surface area contributed by atoms with Crippen LogP contribution in [0, 0.1) is 6.92 Å². The fraction of sp³-hybridized carbons (Fsp3) is 0.273. The van der Waals surface area contributed by atoms with E-state index in [-0.39, 0.29) is 11.8 Å². The molecule has 1 aromatic carbocycles. The maximum atomic E-state index is 12.6. The van der Waals surface area contributed by atoms with Gasteiger partial charge in [-0.1, -0.05) is 17.7 Å². The average Bonchev–Trinajstić information content (AvgIpc) is 2.76. The summed E-state index contributed by atoms with van der Waals surface area (Å²) in [4.78, 5) is 27.4. The van der Waals surface area contributed by atoms with Crippen molar-refractivity contribution in [1.82, 2.24) is 19.9 Å². The summed E-state index contributed by atoms with van der Waals surface area (Å²) in [7, 11) is 0. The van der Waals surface area contributed by atoms with E-state index in [0.717, 1.165) is 24.3 Å². The Morgan fingerprint density at radius 3 is 2.36 bits per heavy atom. The number of likely N-dealkylation sites (tertiary alicyclic amines) is 1. The molecule has 1 saturated heterocycles. The first-order chi connectivity index (χ1) is 13.7. The van der Waals surface area contributed by atoms with Crippen LogP contribution in [0.15, 0.2) is 61.2 Å². The number of amides is 1. The van der Waals surface area contributed by atoms with E-state index < -0.39 is 0 Å². The SMILES string of the molecule is Cc1ccc(Oc2nccnc2C2CCN(C(=O)c3ccncc3)CC2)cc1. The molecule has 2 aromatic heterocycles. The van der Waals surface area contributed by atoms with Crippen molar-refractivity contribution in [3.05, 3.63) is 78.0 Å². The Kier molecular flexibility index (Phi) is 5.28. The Labute approximate surface area is 164 Å². The number of aryl methyl sites for hydroxylation is 1. The predicted octanol–water partition coefficient (Wildman–Crippen LogP) is 3.99. The molecule has 6 nitrogen and oxygen atoms in total. The number of piperidine rings is 1. The van der Waals surface area contributed by atoms with Gasteiger partial charge in [0.2, 0.25) is 5.88 Å². The van der Waals surface area contributed by atoms with E-state index in [0.29, 0.717) is 24.5 Å². The summed E-state index contributed by atoms with van der Waals surface area (Å²) in [5.74, 6) is 1.56. The van der Waals surface area contributed by atoms with Crippen molar-refractivity contribution in [2.24, 2.45) is 0 Å². The molecule has 6 heteroatoms. The monoisotopic (exact) mass is 374 g/mol. The van der Waals surface area contributed by atoms with Crippen molar-refractivity contribution in [1.29, 1.82) is 0 Å². The zero-order chi connectivity index (χ0) is 19.3. The van der Waals surface area contributed by atoms with Crippen LogP contribution in [-0.4, -0.2) is 38.8 Å². The van der Waals surface area contributed by atoms with Gasteiger partial charge in [-0.2, -0.15) is 0 Å². The van der Waals surface area contributed by atoms with E-state index in [1.54, 1.807) is 36.9 Å². The molecule has 3 aromatic rings. The molecule has 0 aliphatic carbocycles. The molecule has 0 N–H and O–H groups in total. The van der Waals surface area contributed by atoms with Gasteiger partial charge in [-0.15, -0.1) is 0 Å². The van der Waals surface area contributed by atoms with Crippen LogP contribution in [0.1, 0.15) is 40.4 Å². The van der Waals surface area contributed by atoms with Gasteiger partial charge >= 0.3 is 0 Å². The number of carbonyl (C=O) groups is 1. The number of nitrogens with zero attached hydrogens (tertiary/aromatic N) is 4. The quantitative estimate of drug-likeness (QED) is 0.691. The van der Waals surface area contributed by atoms with Crippen LogP contribution in [-0.2, 0) is 0 Å². The number of carbonyl (C=O) groups excluding carboxylic acids is 1. The molecule has 1 aliphatic rings. The van der Waals surface area contributed by atoms with Crippen LogP contribution in [0.4, 0.5) is 0 Å². The van der Waals surface area contributed by atoms with Crippen LogP contribution >= 0.6 is 0 Å². The normalized spacial score (nSPS) is 14.7. The third-order valence-corrected chi connectivity index (χ3v) is 5.02. The Morgan fingerprint density at radius 2 is 1.64 bits per heavy atom. The largest absolute Gasteiger partial charge is 0.437 e. The molecule has 0 unspecified atom stereocenters. The average molecular weight is 374 g/mol. The summed E-state index contributed by atoms with van der Waals surface area (Å²) in [5.41, 5.74) is 2.72. The Morgan fingerprint density at radius 1 is 0.964 bits per heavy atom. The van der Waals surface area contributed by atoms with E-state index in [9.17, 15) is 4.79 Å². The molecule has 3 heterocycles. The number of pyridine rings is 1. The molecule has 0 saturated carbocycles. The number of aromatic nitrogens is 3. The minimum Gasteiger partial charge on any atom is -0.437 e. The molecule has 4 rings (SSSR count). The van der Waals surface area contributed by atoms with Crippen molar-refractivity contribution in [3.8, 4) is 11.6 Å². The Hall–Kier alpha value is -3.28. The maximum absolute atomic E-state index is 12.6. The van der Waals surface area contributed by atoms with E-state index in [1.165, 1.54) is 5.56 Å². The highest BCUT2D eigenvalue weighted by molar-refractivity contribution is 5.94. The minimum atomic E-state index is 0.0520. The topological polar surface area (TPSA) is 68.2 Å². The third-order valence-electron chi connectivity index (χ3n) is 5.02. The van der Waals surface area contributed by atoms with E-state index in [2.05, 4.69) is 15.0 Å². The molecular weight excluding hydrogens is 352 g/mol. The summed E-state index contributed by atoms with van der Waals surface area (Å²) in [6.45, 7) is 3.41. The molecule has 142 valence electrons. The van der Waals surface area contributed by atoms with E-state index in [1.807, 2.05) is 36.1 Å². The van der Waals surface area contributed by atoms with Crippen molar-refractivity contribution in [3.63, 3.8) is 0 Å². The molecule has 0 radical (unpaired) electrons. The molecule has 1 aliphatic heterocycles. The van der Waals surface area contributed by atoms with Gasteiger partial charge < -0.3 is 9.64 Å². The van der Waals surface area contributed by atoms with Crippen LogP contribution in [0.2, 0.25) is 0 Å². The van der Waals surface area contributed by atoms with Gasteiger partial charge in [0.25, 0.3) is 5.91 Å². The highest BCUT2D eigenvalue weighted by Gasteiger charge is 2.27. The van der Waals surface area contributed by atoms with Gasteiger partial charge in [0.05, 0.1) is 0 Å². The molecule has 0 spiro atoms. The smallest absolute Gasteiger partial charge is 0.253 e. The van der Waals surface area contributed by atoms with Gasteiger partial charge in [0.1, 0.15) is 11.4 Å². The highest BCUT2D eigenvalue weighted by atomic mass is 16.5. The molecule has 0 bridgehead atoms. The predicted molar refractivity (Wildman–Crippen MR) is 105 cm³/mol. The van der Waals surface area contributed by atoms with Crippen LogP contribution in [0.5, 0.6) is 11.6 Å². The second kappa shape index (κ2) is 8.17. The van der Waals surface area contributed by atoms with Crippen molar-refractivity contribution >= 4 is 5.91 Å². The summed E-state index contributed by atoms with van der Waals surface area (Å²) < 4.78 is 6.00. The number of ether oxygens (including phenoxy) is 1. The lowest BCUT2D eigenvalue weighted by atomic mass is 9.93. The lowest BCUT2D eigenvalue weighted by Gasteiger charge is -2.32. The number of hydrogen-bond donors (Lipinski definition) is 0. The zero-order valence-corrected chi connectivity index (χ0v) is 15.8. The minimum absolute atomic E-state index is 0.0520. The standard InChI is InChI=1S/C22H22N4O2/c1-16-2-4-19(5-3-16)28-21-20(24-12-13-25-21)17-8-14-26(15-9-17)22(27)18-6-10-23-11-7-18/h2-7,10-13,17H,8-9,14-15H2,1H3. The van der Waals surface area contributed by atoms with Gasteiger partial charge in [-0.05, 0) is 44.0 Å². The second-order valence-electron chi connectivity index (χ2n) is 6.96. The number of hydrogen-bond acceptors (Lipinski definition) is 5.